The summed E-state index contributed by atoms with van der Waals surface area (Å²) in [4.78, 5) is 13.7. The zero-order valence-electron chi connectivity index (χ0n) is 9.25. The lowest BCUT2D eigenvalue weighted by molar-refractivity contribution is -0.153. The van der Waals surface area contributed by atoms with Gasteiger partial charge in [-0.2, -0.15) is 0 Å². The highest BCUT2D eigenvalue weighted by atomic mass is 16.5. The van der Waals surface area contributed by atoms with Crippen molar-refractivity contribution in [3.05, 3.63) is 0 Å². The SMILES string of the molecule is CNC(C)C(=O)OC1CCN(C)CC1. The summed E-state index contributed by atoms with van der Waals surface area (Å²) in [5.74, 6) is -0.137. The van der Waals surface area contributed by atoms with E-state index in [1.807, 2.05) is 6.92 Å². The molecule has 0 amide bonds. The number of carbonyl (C=O) groups is 1. The molecule has 0 aromatic carbocycles. The van der Waals surface area contributed by atoms with Crippen LogP contribution in [0.2, 0.25) is 0 Å². The third kappa shape index (κ3) is 3.27. The Kier molecular flexibility index (Phi) is 4.35. The Labute approximate surface area is 85.6 Å². The van der Waals surface area contributed by atoms with Crippen LogP contribution in [-0.2, 0) is 9.53 Å². The van der Waals surface area contributed by atoms with Gasteiger partial charge in [0.2, 0.25) is 0 Å². The molecule has 82 valence electrons. The molecule has 0 aromatic heterocycles. The molecule has 1 fully saturated rings. The van der Waals surface area contributed by atoms with E-state index in [1.54, 1.807) is 7.05 Å². The number of piperidine rings is 1. The Morgan fingerprint density at radius 2 is 2.07 bits per heavy atom. The third-order valence-electron chi connectivity index (χ3n) is 2.73. The summed E-state index contributed by atoms with van der Waals surface area (Å²) >= 11 is 0. The topological polar surface area (TPSA) is 41.6 Å². The highest BCUT2D eigenvalue weighted by Crippen LogP contribution is 2.12. The van der Waals surface area contributed by atoms with E-state index in [9.17, 15) is 4.79 Å². The van der Waals surface area contributed by atoms with Gasteiger partial charge in [0.05, 0.1) is 0 Å². The first-order chi connectivity index (χ1) is 6.63. The molecule has 1 heterocycles. The average molecular weight is 200 g/mol. The summed E-state index contributed by atoms with van der Waals surface area (Å²) in [5.41, 5.74) is 0. The molecule has 1 N–H and O–H groups in total. The molecule has 4 heteroatoms. The van der Waals surface area contributed by atoms with E-state index >= 15 is 0 Å². The smallest absolute Gasteiger partial charge is 0.323 e. The van der Waals surface area contributed by atoms with E-state index in [2.05, 4.69) is 17.3 Å². The Balaban J connectivity index is 2.27. The standard InChI is InChI=1S/C10H20N2O2/c1-8(11-2)10(13)14-9-4-6-12(3)7-5-9/h8-9,11H,4-7H2,1-3H3. The Morgan fingerprint density at radius 1 is 1.50 bits per heavy atom. The number of likely N-dealkylation sites (tertiary alicyclic amines) is 1. The number of rotatable bonds is 3. The highest BCUT2D eigenvalue weighted by Gasteiger charge is 2.22. The summed E-state index contributed by atoms with van der Waals surface area (Å²) in [6, 6.07) is -0.199. The van der Waals surface area contributed by atoms with Gasteiger partial charge in [-0.25, -0.2) is 0 Å². The molecule has 1 unspecified atom stereocenters. The number of likely N-dealkylation sites (N-methyl/N-ethyl adjacent to an activating group) is 1. The summed E-state index contributed by atoms with van der Waals surface area (Å²) in [6.07, 6.45) is 2.03. The summed E-state index contributed by atoms with van der Waals surface area (Å²) in [5, 5.41) is 2.88. The van der Waals surface area contributed by atoms with Gasteiger partial charge in [-0.05, 0) is 33.9 Å². The first-order valence-electron chi connectivity index (χ1n) is 5.19. The van der Waals surface area contributed by atoms with Gasteiger partial charge in [-0.1, -0.05) is 0 Å². The molecular weight excluding hydrogens is 180 g/mol. The number of ether oxygens (including phenoxy) is 1. The maximum Gasteiger partial charge on any atom is 0.323 e. The van der Waals surface area contributed by atoms with Crippen molar-refractivity contribution >= 4 is 5.97 Å². The van der Waals surface area contributed by atoms with Gasteiger partial charge in [-0.15, -0.1) is 0 Å². The lowest BCUT2D eigenvalue weighted by Gasteiger charge is -2.29. The zero-order valence-corrected chi connectivity index (χ0v) is 9.25. The second kappa shape index (κ2) is 5.32. The summed E-state index contributed by atoms with van der Waals surface area (Å²) in [6.45, 7) is 3.86. The van der Waals surface area contributed by atoms with Crippen molar-refractivity contribution < 1.29 is 9.53 Å². The number of nitrogens with one attached hydrogen (secondary N) is 1. The molecule has 0 aliphatic carbocycles. The fourth-order valence-corrected chi connectivity index (χ4v) is 1.49. The molecule has 0 bridgehead atoms. The van der Waals surface area contributed by atoms with E-state index < -0.39 is 0 Å². The minimum absolute atomic E-state index is 0.120. The summed E-state index contributed by atoms with van der Waals surface area (Å²) < 4.78 is 5.36. The zero-order chi connectivity index (χ0) is 10.6. The normalized spacial score (nSPS) is 21.9. The van der Waals surface area contributed by atoms with Gasteiger partial charge in [0.15, 0.2) is 0 Å². The first-order valence-corrected chi connectivity index (χ1v) is 5.19. The quantitative estimate of drug-likeness (QED) is 0.662. The Hall–Kier alpha value is -0.610. The van der Waals surface area contributed by atoms with Crippen molar-refractivity contribution in [1.29, 1.82) is 0 Å². The van der Waals surface area contributed by atoms with Crippen molar-refractivity contribution in [2.45, 2.75) is 31.9 Å². The number of carbonyl (C=O) groups excluding carboxylic acids is 1. The molecule has 0 saturated carbocycles. The molecular formula is C10H20N2O2. The van der Waals surface area contributed by atoms with Crippen LogP contribution in [0.25, 0.3) is 0 Å². The molecule has 1 rings (SSSR count). The van der Waals surface area contributed by atoms with Crippen LogP contribution >= 0.6 is 0 Å². The molecule has 1 saturated heterocycles. The van der Waals surface area contributed by atoms with E-state index in [4.69, 9.17) is 4.74 Å². The minimum Gasteiger partial charge on any atom is -0.461 e. The second-order valence-electron chi connectivity index (χ2n) is 3.95. The first kappa shape index (κ1) is 11.5. The van der Waals surface area contributed by atoms with Crippen molar-refractivity contribution in [2.75, 3.05) is 27.2 Å². The van der Waals surface area contributed by atoms with Gasteiger partial charge < -0.3 is 15.0 Å². The fraction of sp³-hybridized carbons (Fsp3) is 0.900. The van der Waals surface area contributed by atoms with E-state index in [0.717, 1.165) is 25.9 Å². The molecule has 4 nitrogen and oxygen atoms in total. The highest BCUT2D eigenvalue weighted by molar-refractivity contribution is 5.75. The van der Waals surface area contributed by atoms with Crippen LogP contribution in [0, 0.1) is 0 Å². The van der Waals surface area contributed by atoms with Crippen molar-refractivity contribution in [2.24, 2.45) is 0 Å². The van der Waals surface area contributed by atoms with Gasteiger partial charge in [0.25, 0.3) is 0 Å². The van der Waals surface area contributed by atoms with Gasteiger partial charge >= 0.3 is 5.97 Å². The van der Waals surface area contributed by atoms with Gasteiger partial charge in [0, 0.05) is 13.1 Å². The molecule has 0 spiro atoms. The van der Waals surface area contributed by atoms with Crippen LogP contribution in [0.3, 0.4) is 0 Å². The predicted molar refractivity (Wildman–Crippen MR) is 55.1 cm³/mol. The molecule has 0 aromatic rings. The van der Waals surface area contributed by atoms with Crippen LogP contribution in [-0.4, -0.2) is 50.2 Å². The molecule has 1 aliphatic rings. The molecule has 14 heavy (non-hydrogen) atoms. The largest absolute Gasteiger partial charge is 0.461 e. The van der Waals surface area contributed by atoms with Crippen LogP contribution < -0.4 is 5.32 Å². The lowest BCUT2D eigenvalue weighted by atomic mass is 10.1. The van der Waals surface area contributed by atoms with Gasteiger partial charge in [0.1, 0.15) is 12.1 Å². The maximum absolute atomic E-state index is 11.4. The van der Waals surface area contributed by atoms with Crippen LogP contribution in [0.4, 0.5) is 0 Å². The molecule has 1 aliphatic heterocycles. The Morgan fingerprint density at radius 3 is 2.57 bits per heavy atom. The number of hydrogen-bond acceptors (Lipinski definition) is 4. The van der Waals surface area contributed by atoms with Crippen molar-refractivity contribution in [3.63, 3.8) is 0 Å². The van der Waals surface area contributed by atoms with Crippen molar-refractivity contribution in [3.8, 4) is 0 Å². The van der Waals surface area contributed by atoms with Crippen LogP contribution in [0.5, 0.6) is 0 Å². The van der Waals surface area contributed by atoms with Gasteiger partial charge in [-0.3, -0.25) is 4.79 Å². The van der Waals surface area contributed by atoms with Crippen LogP contribution in [0.1, 0.15) is 19.8 Å². The van der Waals surface area contributed by atoms with E-state index in [0.29, 0.717) is 0 Å². The fourth-order valence-electron chi connectivity index (χ4n) is 1.49. The lowest BCUT2D eigenvalue weighted by Crippen LogP contribution is -2.39. The number of hydrogen-bond donors (Lipinski definition) is 1. The average Bonchev–Trinajstić information content (AvgIpc) is 2.20. The minimum atomic E-state index is -0.199. The van der Waals surface area contributed by atoms with Crippen molar-refractivity contribution in [1.82, 2.24) is 10.2 Å². The molecule has 1 atom stereocenters. The monoisotopic (exact) mass is 200 g/mol. The summed E-state index contributed by atoms with van der Waals surface area (Å²) in [7, 11) is 3.86. The maximum atomic E-state index is 11.4. The number of esters is 1. The van der Waals surface area contributed by atoms with E-state index in [-0.39, 0.29) is 18.1 Å². The Bertz CT molecular complexity index is 189. The van der Waals surface area contributed by atoms with Crippen LogP contribution in [0.15, 0.2) is 0 Å². The third-order valence-corrected chi connectivity index (χ3v) is 2.73. The van der Waals surface area contributed by atoms with E-state index in [1.165, 1.54) is 0 Å². The molecule has 0 radical (unpaired) electrons. The number of nitrogens with zero attached hydrogens (tertiary/aromatic N) is 1. The predicted octanol–water partition coefficient (Wildman–Crippen LogP) is 0.232. The second-order valence-corrected chi connectivity index (χ2v) is 3.95.